The van der Waals surface area contributed by atoms with Gasteiger partial charge in [-0.15, -0.1) is 0 Å². The summed E-state index contributed by atoms with van der Waals surface area (Å²) in [5.74, 6) is -0.0321. The quantitative estimate of drug-likeness (QED) is 0.294. The number of anilines is 1. The van der Waals surface area contributed by atoms with E-state index in [0.29, 0.717) is 23.5 Å². The maximum atomic E-state index is 14.1. The van der Waals surface area contributed by atoms with Crippen LogP contribution in [0.5, 0.6) is 5.75 Å². The van der Waals surface area contributed by atoms with E-state index in [1.807, 2.05) is 75.4 Å². The van der Waals surface area contributed by atoms with Gasteiger partial charge in [0, 0.05) is 58.8 Å². The molecular formula is C29H33FN4O2. The first kappa shape index (κ1) is 26.6. The highest BCUT2D eigenvalue weighted by Crippen LogP contribution is 2.37. The maximum absolute atomic E-state index is 14.1. The number of H-pyrrole nitrogens is 1. The minimum absolute atomic E-state index is 0.181. The van der Waals surface area contributed by atoms with Crippen LogP contribution < -0.4 is 10.1 Å². The SMILES string of the molecule is CC.COc1cc(F)c(C)cc1-c1c[nH]c2ncc(-c3cccc(NC(=O)/C=C/CN(C)C)c3)cc12. The second-order valence-electron chi connectivity index (χ2n) is 8.36. The van der Waals surface area contributed by atoms with Gasteiger partial charge in [-0.25, -0.2) is 9.37 Å². The maximum Gasteiger partial charge on any atom is 0.248 e. The number of hydrogen-bond acceptors (Lipinski definition) is 4. The summed E-state index contributed by atoms with van der Waals surface area (Å²) in [6.45, 7) is 6.42. The molecule has 7 heteroatoms. The molecule has 4 rings (SSSR count). The molecule has 0 spiro atoms. The predicted molar refractivity (Wildman–Crippen MR) is 146 cm³/mol. The average Bonchev–Trinajstić information content (AvgIpc) is 3.29. The zero-order valence-corrected chi connectivity index (χ0v) is 21.6. The standard InChI is InChI=1S/C27H27FN4O2.C2H6/c1-17-11-21(25(34-4)14-24(17)28)23-16-30-27-22(23)13-19(15-29-27)18-7-5-8-20(12-18)31-26(33)9-6-10-32(2)3;1-2/h5-9,11-16H,10H2,1-4H3,(H,29,30)(H,31,33);1-2H3/b9-6+;. The van der Waals surface area contributed by atoms with Crippen LogP contribution in [0.1, 0.15) is 19.4 Å². The molecule has 0 fully saturated rings. The number of fused-ring (bicyclic) bond motifs is 1. The largest absolute Gasteiger partial charge is 0.496 e. The molecule has 2 N–H and O–H groups in total. The summed E-state index contributed by atoms with van der Waals surface area (Å²) in [7, 11) is 5.42. The van der Waals surface area contributed by atoms with Gasteiger partial charge in [0.25, 0.3) is 0 Å². The van der Waals surface area contributed by atoms with Gasteiger partial charge in [-0.2, -0.15) is 0 Å². The molecular weight excluding hydrogens is 455 g/mol. The van der Waals surface area contributed by atoms with Crippen molar-refractivity contribution in [2.24, 2.45) is 0 Å². The van der Waals surface area contributed by atoms with Crippen LogP contribution in [0, 0.1) is 12.7 Å². The van der Waals surface area contributed by atoms with Crippen molar-refractivity contribution in [2.75, 3.05) is 33.1 Å². The first-order valence-electron chi connectivity index (χ1n) is 11.9. The van der Waals surface area contributed by atoms with Crippen LogP contribution in [0.3, 0.4) is 0 Å². The van der Waals surface area contributed by atoms with Crippen molar-refractivity contribution in [2.45, 2.75) is 20.8 Å². The number of aryl methyl sites for hydroxylation is 1. The lowest BCUT2D eigenvalue weighted by molar-refractivity contribution is -0.111. The summed E-state index contributed by atoms with van der Waals surface area (Å²) in [5, 5.41) is 3.79. The Bertz CT molecular complexity index is 1380. The molecule has 0 saturated heterocycles. The number of ether oxygens (including phenoxy) is 1. The number of aromatic nitrogens is 2. The smallest absolute Gasteiger partial charge is 0.248 e. The van der Waals surface area contributed by atoms with Gasteiger partial charge in [-0.05, 0) is 56.4 Å². The molecule has 4 aromatic rings. The molecule has 2 aromatic carbocycles. The third-order valence-electron chi connectivity index (χ3n) is 5.51. The molecule has 0 aliphatic heterocycles. The van der Waals surface area contributed by atoms with Crippen molar-refractivity contribution in [3.8, 4) is 28.0 Å². The van der Waals surface area contributed by atoms with Crippen LogP contribution >= 0.6 is 0 Å². The summed E-state index contributed by atoms with van der Waals surface area (Å²) < 4.78 is 19.5. The monoisotopic (exact) mass is 488 g/mol. The van der Waals surface area contributed by atoms with E-state index in [9.17, 15) is 9.18 Å². The number of amides is 1. The van der Waals surface area contributed by atoms with Crippen molar-refractivity contribution in [1.82, 2.24) is 14.9 Å². The number of nitrogens with zero attached hydrogens (tertiary/aromatic N) is 2. The number of halogens is 1. The number of hydrogen-bond donors (Lipinski definition) is 2. The van der Waals surface area contributed by atoms with Crippen molar-refractivity contribution < 1.29 is 13.9 Å². The van der Waals surface area contributed by atoms with Gasteiger partial charge >= 0.3 is 0 Å². The third-order valence-corrected chi connectivity index (χ3v) is 5.51. The highest BCUT2D eigenvalue weighted by atomic mass is 19.1. The normalized spacial score (nSPS) is 11.0. The number of nitrogens with one attached hydrogen (secondary N) is 2. The van der Waals surface area contributed by atoms with Crippen LogP contribution in [0.2, 0.25) is 0 Å². The van der Waals surface area contributed by atoms with Crippen LogP contribution in [0.25, 0.3) is 33.3 Å². The van der Waals surface area contributed by atoms with Crippen LogP contribution in [0.4, 0.5) is 10.1 Å². The highest BCUT2D eigenvalue weighted by molar-refractivity contribution is 6.00. The first-order chi connectivity index (χ1) is 17.4. The molecule has 0 aliphatic carbocycles. The number of rotatable bonds is 7. The van der Waals surface area contributed by atoms with E-state index in [0.717, 1.165) is 33.3 Å². The summed E-state index contributed by atoms with van der Waals surface area (Å²) in [4.78, 5) is 22.0. The zero-order chi connectivity index (χ0) is 26.2. The zero-order valence-electron chi connectivity index (χ0n) is 21.6. The number of carbonyl (C=O) groups is 1. The van der Waals surface area contributed by atoms with E-state index >= 15 is 0 Å². The Morgan fingerprint density at radius 2 is 1.92 bits per heavy atom. The molecule has 36 heavy (non-hydrogen) atoms. The topological polar surface area (TPSA) is 70.2 Å². The number of pyridine rings is 1. The number of methoxy groups -OCH3 is 1. The molecule has 1 amide bonds. The van der Waals surface area contributed by atoms with Gasteiger partial charge in [0.05, 0.1) is 7.11 Å². The molecule has 0 radical (unpaired) electrons. The Morgan fingerprint density at radius 1 is 1.14 bits per heavy atom. The summed E-state index contributed by atoms with van der Waals surface area (Å²) in [6, 6.07) is 12.8. The van der Waals surface area contributed by atoms with Gasteiger partial charge in [0.2, 0.25) is 5.91 Å². The van der Waals surface area contributed by atoms with Crippen molar-refractivity contribution in [1.29, 1.82) is 0 Å². The lowest BCUT2D eigenvalue weighted by atomic mass is 10.00. The second-order valence-corrected chi connectivity index (χ2v) is 8.36. The van der Waals surface area contributed by atoms with E-state index in [1.165, 1.54) is 19.3 Å². The Hall–Kier alpha value is -3.97. The Morgan fingerprint density at radius 3 is 2.64 bits per heavy atom. The van der Waals surface area contributed by atoms with E-state index in [4.69, 9.17) is 4.74 Å². The lowest BCUT2D eigenvalue weighted by Crippen LogP contribution is -2.12. The summed E-state index contributed by atoms with van der Waals surface area (Å²) in [5.41, 5.74) is 5.43. The van der Waals surface area contributed by atoms with E-state index in [-0.39, 0.29) is 11.7 Å². The van der Waals surface area contributed by atoms with E-state index < -0.39 is 0 Å². The van der Waals surface area contributed by atoms with Crippen LogP contribution in [0.15, 0.2) is 67.0 Å². The van der Waals surface area contributed by atoms with Gasteiger partial charge in [0.1, 0.15) is 17.2 Å². The van der Waals surface area contributed by atoms with Crippen molar-refractivity contribution >= 4 is 22.6 Å². The predicted octanol–water partition coefficient (Wildman–Crippen LogP) is 6.44. The number of likely N-dealkylation sites (N-methyl/N-ethyl adjacent to an activating group) is 1. The van der Waals surface area contributed by atoms with Crippen LogP contribution in [-0.4, -0.2) is 48.5 Å². The van der Waals surface area contributed by atoms with Gasteiger partial charge in [-0.1, -0.05) is 32.1 Å². The Labute approximate surface area is 211 Å². The minimum atomic E-state index is -0.310. The Balaban J connectivity index is 0.00000176. The molecule has 2 heterocycles. The minimum Gasteiger partial charge on any atom is -0.496 e. The lowest BCUT2D eigenvalue weighted by Gasteiger charge is -2.10. The molecule has 0 aliphatic rings. The highest BCUT2D eigenvalue weighted by Gasteiger charge is 2.15. The van der Waals surface area contributed by atoms with Crippen molar-refractivity contribution in [3.05, 3.63) is 78.4 Å². The molecule has 0 unspecified atom stereocenters. The van der Waals surface area contributed by atoms with E-state index in [2.05, 4.69) is 15.3 Å². The molecule has 2 aromatic heterocycles. The summed E-state index contributed by atoms with van der Waals surface area (Å²) >= 11 is 0. The molecule has 188 valence electrons. The van der Waals surface area contributed by atoms with Gasteiger partial charge in [0.15, 0.2) is 0 Å². The second kappa shape index (κ2) is 12.1. The number of benzene rings is 2. The molecule has 0 saturated carbocycles. The van der Waals surface area contributed by atoms with Gasteiger partial charge < -0.3 is 19.9 Å². The first-order valence-corrected chi connectivity index (χ1v) is 11.9. The number of aromatic amines is 1. The van der Waals surface area contributed by atoms with Crippen molar-refractivity contribution in [3.63, 3.8) is 0 Å². The molecule has 0 bridgehead atoms. The molecule has 0 atom stereocenters. The fourth-order valence-electron chi connectivity index (χ4n) is 3.76. The van der Waals surface area contributed by atoms with Crippen LogP contribution in [-0.2, 0) is 4.79 Å². The Kier molecular flexibility index (Phi) is 8.97. The fourth-order valence-corrected chi connectivity index (χ4v) is 3.76. The van der Waals surface area contributed by atoms with E-state index in [1.54, 1.807) is 19.2 Å². The third kappa shape index (κ3) is 6.17. The average molecular weight is 489 g/mol. The molecule has 6 nitrogen and oxygen atoms in total. The van der Waals surface area contributed by atoms with Gasteiger partial charge in [-0.3, -0.25) is 4.79 Å². The fraction of sp³-hybridized carbons (Fsp3) is 0.241. The summed E-state index contributed by atoms with van der Waals surface area (Å²) in [6.07, 6.45) is 6.99. The number of carbonyl (C=O) groups excluding carboxylic acids is 1.